The second-order valence-electron chi connectivity index (χ2n) is 6.24. The lowest BCUT2D eigenvalue weighted by Crippen LogP contribution is -2.32. The van der Waals surface area contributed by atoms with E-state index in [1.54, 1.807) is 12.1 Å². The van der Waals surface area contributed by atoms with Gasteiger partial charge in [0.05, 0.1) is 12.2 Å². The van der Waals surface area contributed by atoms with Gasteiger partial charge in [-0.3, -0.25) is 0 Å². The van der Waals surface area contributed by atoms with Crippen LogP contribution in [0.4, 0.5) is 0 Å². The molecule has 3 aromatic carbocycles. The monoisotopic (exact) mass is 330 g/mol. The van der Waals surface area contributed by atoms with Crippen LogP contribution in [0.2, 0.25) is 0 Å². The molecule has 2 aliphatic rings. The number of benzene rings is 3. The van der Waals surface area contributed by atoms with E-state index >= 15 is 0 Å². The predicted octanol–water partition coefficient (Wildman–Crippen LogP) is 4.31. The van der Waals surface area contributed by atoms with E-state index in [1.807, 2.05) is 54.6 Å². The van der Waals surface area contributed by atoms with E-state index in [1.165, 1.54) is 0 Å². The first-order valence-corrected chi connectivity index (χ1v) is 8.08. The highest BCUT2D eigenvalue weighted by Crippen LogP contribution is 2.55. The molecule has 2 heterocycles. The second-order valence-corrected chi connectivity index (χ2v) is 6.24. The van der Waals surface area contributed by atoms with Crippen molar-refractivity contribution in [2.24, 2.45) is 0 Å². The van der Waals surface area contributed by atoms with Crippen molar-refractivity contribution in [3.8, 4) is 11.5 Å². The van der Waals surface area contributed by atoms with E-state index < -0.39 is 11.6 Å². The topological polar surface area (TPSA) is 55.8 Å². The van der Waals surface area contributed by atoms with Crippen LogP contribution in [-0.2, 0) is 16.9 Å². The first-order valence-electron chi connectivity index (χ1n) is 8.08. The van der Waals surface area contributed by atoms with Crippen molar-refractivity contribution in [3.05, 3.63) is 94.5 Å². The number of carbonyl (C=O) groups is 1. The fraction of sp³-hybridized carbons (Fsp3) is 0.0952. The van der Waals surface area contributed by atoms with Gasteiger partial charge in [0, 0.05) is 11.1 Å². The lowest BCUT2D eigenvalue weighted by Gasteiger charge is -2.37. The van der Waals surface area contributed by atoms with E-state index in [0.29, 0.717) is 6.61 Å². The number of aromatic carboxylic acids is 1. The Morgan fingerprint density at radius 1 is 0.880 bits per heavy atom. The maximum Gasteiger partial charge on any atom is 0.335 e. The van der Waals surface area contributed by atoms with Crippen LogP contribution in [0.1, 0.15) is 32.6 Å². The average Bonchev–Trinajstić information content (AvgIpc) is 3.02. The molecule has 2 aliphatic heterocycles. The summed E-state index contributed by atoms with van der Waals surface area (Å²) >= 11 is 0. The first kappa shape index (κ1) is 14.3. The zero-order valence-corrected chi connectivity index (χ0v) is 13.2. The zero-order valence-electron chi connectivity index (χ0n) is 13.2. The molecule has 5 rings (SSSR count). The van der Waals surface area contributed by atoms with E-state index in [-0.39, 0.29) is 5.56 Å². The van der Waals surface area contributed by atoms with Gasteiger partial charge < -0.3 is 14.6 Å². The fourth-order valence-corrected chi connectivity index (χ4v) is 3.86. The van der Waals surface area contributed by atoms with Gasteiger partial charge in [0.2, 0.25) is 0 Å². The van der Waals surface area contributed by atoms with Crippen molar-refractivity contribution in [2.45, 2.75) is 12.2 Å². The van der Waals surface area contributed by atoms with Crippen molar-refractivity contribution in [1.29, 1.82) is 0 Å². The fourth-order valence-electron chi connectivity index (χ4n) is 3.86. The molecular formula is C21H14O4. The Kier molecular flexibility index (Phi) is 2.82. The third-order valence-corrected chi connectivity index (χ3v) is 4.93. The normalized spacial score (nSPS) is 15.8. The number of carboxylic acid groups (broad SMARTS) is 1. The summed E-state index contributed by atoms with van der Waals surface area (Å²) in [5.74, 6) is 0.587. The molecule has 0 aromatic heterocycles. The minimum atomic E-state index is -0.934. The third-order valence-electron chi connectivity index (χ3n) is 4.93. The Balaban J connectivity index is 1.83. The predicted molar refractivity (Wildman–Crippen MR) is 91.0 cm³/mol. The maximum atomic E-state index is 11.3. The Morgan fingerprint density at radius 2 is 1.52 bits per heavy atom. The molecule has 3 aromatic rings. The summed E-state index contributed by atoms with van der Waals surface area (Å²) in [6.45, 7) is 0.360. The van der Waals surface area contributed by atoms with Crippen LogP contribution in [0.5, 0.6) is 11.5 Å². The van der Waals surface area contributed by atoms with Gasteiger partial charge in [-0.2, -0.15) is 0 Å². The molecule has 0 aliphatic carbocycles. The summed E-state index contributed by atoms with van der Waals surface area (Å²) in [6, 6.07) is 20.9. The highest BCUT2D eigenvalue weighted by atomic mass is 16.5. The molecule has 122 valence electrons. The smallest absolute Gasteiger partial charge is 0.335 e. The number of carboxylic acids is 1. The number of rotatable bonds is 1. The largest absolute Gasteiger partial charge is 0.478 e. The number of para-hydroxylation sites is 2. The highest BCUT2D eigenvalue weighted by Gasteiger charge is 2.49. The molecule has 0 atom stereocenters. The standard InChI is InChI=1S/C21H14O4/c22-20(23)13-9-10-15-14(11-13)12-24-21(15)16-5-1-3-7-18(16)25-19-8-4-2-6-17(19)21/h1-11H,12H2,(H,22,23). The van der Waals surface area contributed by atoms with Crippen LogP contribution in [0, 0.1) is 0 Å². The molecule has 0 saturated heterocycles. The summed E-state index contributed by atoms with van der Waals surface area (Å²) in [7, 11) is 0. The van der Waals surface area contributed by atoms with Crippen LogP contribution in [0.25, 0.3) is 0 Å². The molecule has 25 heavy (non-hydrogen) atoms. The van der Waals surface area contributed by atoms with E-state index in [0.717, 1.165) is 33.8 Å². The van der Waals surface area contributed by atoms with Crippen LogP contribution in [-0.4, -0.2) is 11.1 Å². The first-order chi connectivity index (χ1) is 12.2. The molecule has 1 spiro atoms. The zero-order chi connectivity index (χ0) is 17.0. The minimum absolute atomic E-state index is 0.271. The lowest BCUT2D eigenvalue weighted by molar-refractivity contribution is 0.0199. The highest BCUT2D eigenvalue weighted by molar-refractivity contribution is 5.88. The SMILES string of the molecule is O=C(O)c1ccc2c(c1)COC21c2ccccc2Oc2ccccc21. The Bertz CT molecular complexity index is 976. The number of hydrogen-bond donors (Lipinski definition) is 1. The lowest BCUT2D eigenvalue weighted by atomic mass is 9.77. The van der Waals surface area contributed by atoms with Crippen molar-refractivity contribution >= 4 is 5.97 Å². The molecular weight excluding hydrogens is 316 g/mol. The molecule has 0 bridgehead atoms. The molecule has 0 unspecified atom stereocenters. The van der Waals surface area contributed by atoms with E-state index in [2.05, 4.69) is 0 Å². The third kappa shape index (κ3) is 1.83. The summed E-state index contributed by atoms with van der Waals surface area (Å²) in [4.78, 5) is 11.3. The second kappa shape index (κ2) is 4.94. The van der Waals surface area contributed by atoms with E-state index in [9.17, 15) is 9.90 Å². The van der Waals surface area contributed by atoms with Gasteiger partial charge in [0.15, 0.2) is 5.60 Å². The summed E-state index contributed by atoms with van der Waals surface area (Å²) in [6.07, 6.45) is 0. The van der Waals surface area contributed by atoms with Gasteiger partial charge in [-0.15, -0.1) is 0 Å². The van der Waals surface area contributed by atoms with Crippen molar-refractivity contribution in [1.82, 2.24) is 0 Å². The molecule has 4 nitrogen and oxygen atoms in total. The van der Waals surface area contributed by atoms with Crippen LogP contribution >= 0.6 is 0 Å². The van der Waals surface area contributed by atoms with Crippen LogP contribution in [0.15, 0.2) is 66.7 Å². The molecule has 0 saturated carbocycles. The summed E-state index contributed by atoms with van der Waals surface area (Å²) in [5, 5.41) is 9.27. The average molecular weight is 330 g/mol. The molecule has 0 amide bonds. The quantitative estimate of drug-likeness (QED) is 0.722. The summed E-state index contributed by atoms with van der Waals surface area (Å²) < 4.78 is 12.4. The number of fused-ring (bicyclic) bond motifs is 6. The van der Waals surface area contributed by atoms with E-state index in [4.69, 9.17) is 9.47 Å². The molecule has 4 heteroatoms. The van der Waals surface area contributed by atoms with Crippen molar-refractivity contribution in [2.75, 3.05) is 0 Å². The molecule has 0 radical (unpaired) electrons. The van der Waals surface area contributed by atoms with Crippen molar-refractivity contribution < 1.29 is 19.4 Å². The van der Waals surface area contributed by atoms with Gasteiger partial charge in [-0.25, -0.2) is 4.79 Å². The van der Waals surface area contributed by atoms with Gasteiger partial charge in [0.1, 0.15) is 11.5 Å². The number of ether oxygens (including phenoxy) is 2. The number of hydrogen-bond acceptors (Lipinski definition) is 3. The van der Waals surface area contributed by atoms with Gasteiger partial charge >= 0.3 is 5.97 Å². The Hall–Kier alpha value is -3.11. The van der Waals surface area contributed by atoms with Crippen LogP contribution in [0.3, 0.4) is 0 Å². The summed E-state index contributed by atoms with van der Waals surface area (Å²) in [5.41, 5.74) is 3.25. The van der Waals surface area contributed by atoms with Crippen molar-refractivity contribution in [3.63, 3.8) is 0 Å². The van der Waals surface area contributed by atoms with Gasteiger partial charge in [-0.05, 0) is 35.4 Å². The Labute approximate surface area is 144 Å². The molecule has 0 fully saturated rings. The van der Waals surface area contributed by atoms with Gasteiger partial charge in [-0.1, -0.05) is 42.5 Å². The molecule has 1 N–H and O–H groups in total. The maximum absolute atomic E-state index is 11.3. The minimum Gasteiger partial charge on any atom is -0.478 e. The Morgan fingerprint density at radius 3 is 2.16 bits per heavy atom. The van der Waals surface area contributed by atoms with Gasteiger partial charge in [0.25, 0.3) is 0 Å². The van der Waals surface area contributed by atoms with Crippen LogP contribution < -0.4 is 4.74 Å².